The Bertz CT molecular complexity index is 639. The molecule has 0 aromatic heterocycles. The molecule has 122 valence electrons. The smallest absolute Gasteiger partial charge is 0.126 e. The summed E-state index contributed by atoms with van der Waals surface area (Å²) in [7, 11) is 0. The monoisotopic (exact) mass is 318 g/mol. The second kappa shape index (κ2) is 7.53. The van der Waals surface area contributed by atoms with Crippen LogP contribution < -0.4 is 15.4 Å². The van der Waals surface area contributed by atoms with E-state index in [1.807, 2.05) is 24.3 Å². The minimum Gasteiger partial charge on any atom is -0.489 e. The summed E-state index contributed by atoms with van der Waals surface area (Å²) in [5, 5.41) is 6.67. The van der Waals surface area contributed by atoms with Crippen LogP contribution in [0.15, 0.2) is 42.5 Å². The van der Waals surface area contributed by atoms with Crippen LogP contribution in [0, 0.1) is 17.6 Å². The van der Waals surface area contributed by atoms with Gasteiger partial charge in [0.25, 0.3) is 0 Å². The van der Waals surface area contributed by atoms with Crippen molar-refractivity contribution in [1.29, 1.82) is 0 Å². The van der Waals surface area contributed by atoms with Gasteiger partial charge in [-0.25, -0.2) is 8.78 Å². The highest BCUT2D eigenvalue weighted by Crippen LogP contribution is 2.16. The molecule has 0 aliphatic carbocycles. The highest BCUT2D eigenvalue weighted by atomic mass is 19.1. The fourth-order valence-corrected chi connectivity index (χ4v) is 2.52. The fourth-order valence-electron chi connectivity index (χ4n) is 2.52. The molecule has 1 aliphatic heterocycles. The average Bonchev–Trinajstić information content (AvgIpc) is 2.47. The molecule has 1 aliphatic rings. The Hall–Kier alpha value is -1.98. The van der Waals surface area contributed by atoms with Gasteiger partial charge < -0.3 is 15.4 Å². The molecule has 5 heteroatoms. The molecule has 0 unspecified atom stereocenters. The minimum atomic E-state index is -0.591. The molecule has 2 aromatic carbocycles. The van der Waals surface area contributed by atoms with Crippen LogP contribution >= 0.6 is 0 Å². The Morgan fingerprint density at radius 2 is 1.83 bits per heavy atom. The Kier molecular flexibility index (Phi) is 5.20. The molecule has 1 fully saturated rings. The first-order chi connectivity index (χ1) is 11.2. The summed E-state index contributed by atoms with van der Waals surface area (Å²) in [6.45, 7) is 4.09. The van der Waals surface area contributed by atoms with Crippen molar-refractivity contribution in [2.24, 2.45) is 5.92 Å². The summed E-state index contributed by atoms with van der Waals surface area (Å²) in [6, 6.07) is 11.1. The lowest BCUT2D eigenvalue weighted by Gasteiger charge is -2.27. The van der Waals surface area contributed by atoms with Crippen molar-refractivity contribution in [3.05, 3.63) is 65.2 Å². The van der Waals surface area contributed by atoms with Crippen LogP contribution in [0.3, 0.4) is 0 Å². The van der Waals surface area contributed by atoms with Crippen molar-refractivity contribution in [1.82, 2.24) is 10.6 Å². The summed E-state index contributed by atoms with van der Waals surface area (Å²) in [6.07, 6.45) is 0. The zero-order valence-corrected chi connectivity index (χ0v) is 12.8. The summed E-state index contributed by atoms with van der Waals surface area (Å²) in [4.78, 5) is 0. The van der Waals surface area contributed by atoms with Gasteiger partial charge in [0.1, 0.15) is 24.0 Å². The highest BCUT2D eigenvalue weighted by Gasteiger charge is 2.15. The number of rotatable bonds is 7. The number of hydrogen-bond acceptors (Lipinski definition) is 3. The summed E-state index contributed by atoms with van der Waals surface area (Å²) in [5.41, 5.74) is 1.60. The number of hydrogen-bond donors (Lipinski definition) is 2. The van der Waals surface area contributed by atoms with Gasteiger partial charge in [-0.3, -0.25) is 0 Å². The van der Waals surface area contributed by atoms with Crippen LogP contribution in [0.1, 0.15) is 11.1 Å². The van der Waals surface area contributed by atoms with Gasteiger partial charge in [-0.05, 0) is 41.3 Å². The first-order valence-corrected chi connectivity index (χ1v) is 7.77. The molecular weight excluding hydrogens is 298 g/mol. The molecule has 2 N–H and O–H groups in total. The molecule has 0 spiro atoms. The van der Waals surface area contributed by atoms with Gasteiger partial charge in [-0.15, -0.1) is 0 Å². The topological polar surface area (TPSA) is 33.3 Å². The van der Waals surface area contributed by atoms with Crippen LogP contribution in [0.2, 0.25) is 0 Å². The number of ether oxygens (including phenoxy) is 1. The third kappa shape index (κ3) is 4.74. The SMILES string of the molecule is Fc1cc(F)cc(COc2cccc(CNCC3CNC3)c2)c1. The van der Waals surface area contributed by atoms with Gasteiger partial charge in [-0.1, -0.05) is 12.1 Å². The summed E-state index contributed by atoms with van der Waals surface area (Å²) in [5.74, 6) is 0.232. The van der Waals surface area contributed by atoms with E-state index in [-0.39, 0.29) is 6.61 Å². The van der Waals surface area contributed by atoms with Crippen molar-refractivity contribution < 1.29 is 13.5 Å². The van der Waals surface area contributed by atoms with Crippen molar-refractivity contribution in [3.8, 4) is 5.75 Å². The normalized spacial score (nSPS) is 14.5. The van der Waals surface area contributed by atoms with Crippen molar-refractivity contribution in [2.75, 3.05) is 19.6 Å². The highest BCUT2D eigenvalue weighted by molar-refractivity contribution is 5.29. The van der Waals surface area contributed by atoms with E-state index in [0.717, 1.165) is 43.7 Å². The maximum absolute atomic E-state index is 13.1. The van der Waals surface area contributed by atoms with Gasteiger partial charge in [-0.2, -0.15) is 0 Å². The second-order valence-corrected chi connectivity index (χ2v) is 5.87. The van der Waals surface area contributed by atoms with E-state index >= 15 is 0 Å². The van der Waals surface area contributed by atoms with Gasteiger partial charge in [0.2, 0.25) is 0 Å². The van der Waals surface area contributed by atoms with Gasteiger partial charge in [0.05, 0.1) is 0 Å². The van der Waals surface area contributed by atoms with Crippen LogP contribution in [0.5, 0.6) is 5.75 Å². The van der Waals surface area contributed by atoms with Crippen molar-refractivity contribution in [3.63, 3.8) is 0 Å². The second-order valence-electron chi connectivity index (χ2n) is 5.87. The lowest BCUT2D eigenvalue weighted by atomic mass is 10.0. The Morgan fingerprint density at radius 1 is 1.04 bits per heavy atom. The molecule has 3 rings (SSSR count). The fraction of sp³-hybridized carbons (Fsp3) is 0.333. The molecule has 0 saturated carbocycles. The molecule has 3 nitrogen and oxygen atoms in total. The first kappa shape index (κ1) is 15.9. The molecular formula is C18H20F2N2O. The number of nitrogens with one attached hydrogen (secondary N) is 2. The molecule has 1 saturated heterocycles. The molecule has 1 heterocycles. The number of halogens is 2. The van der Waals surface area contributed by atoms with Crippen LogP contribution in [-0.2, 0) is 13.2 Å². The molecule has 0 radical (unpaired) electrons. The standard InChI is InChI=1S/C18H20F2N2O/c19-16-4-14(5-17(20)7-16)12-23-18-3-1-2-13(6-18)8-21-9-15-10-22-11-15/h1-7,15,21-22H,8-12H2. The van der Waals surface area contributed by atoms with Crippen LogP contribution in [0.4, 0.5) is 8.78 Å². The van der Waals surface area contributed by atoms with E-state index in [1.54, 1.807) is 0 Å². The van der Waals surface area contributed by atoms with E-state index in [0.29, 0.717) is 11.3 Å². The van der Waals surface area contributed by atoms with Crippen molar-refractivity contribution >= 4 is 0 Å². The van der Waals surface area contributed by atoms with Gasteiger partial charge in [0, 0.05) is 32.2 Å². The van der Waals surface area contributed by atoms with E-state index < -0.39 is 11.6 Å². The van der Waals surface area contributed by atoms with E-state index in [1.165, 1.54) is 12.1 Å². The van der Waals surface area contributed by atoms with E-state index in [4.69, 9.17) is 4.74 Å². The third-order valence-electron chi connectivity index (χ3n) is 3.85. The Labute approximate surface area is 134 Å². The minimum absolute atomic E-state index is 0.138. The van der Waals surface area contributed by atoms with Gasteiger partial charge >= 0.3 is 0 Å². The zero-order valence-electron chi connectivity index (χ0n) is 12.8. The average molecular weight is 318 g/mol. The van der Waals surface area contributed by atoms with Crippen LogP contribution in [0.25, 0.3) is 0 Å². The molecule has 0 atom stereocenters. The maximum Gasteiger partial charge on any atom is 0.126 e. The Morgan fingerprint density at radius 3 is 2.52 bits per heavy atom. The number of benzene rings is 2. The lowest BCUT2D eigenvalue weighted by molar-refractivity contribution is 0.304. The third-order valence-corrected chi connectivity index (χ3v) is 3.85. The van der Waals surface area contributed by atoms with E-state index in [2.05, 4.69) is 10.6 Å². The van der Waals surface area contributed by atoms with E-state index in [9.17, 15) is 8.78 Å². The molecule has 23 heavy (non-hydrogen) atoms. The molecule has 0 amide bonds. The van der Waals surface area contributed by atoms with Crippen molar-refractivity contribution in [2.45, 2.75) is 13.2 Å². The largest absolute Gasteiger partial charge is 0.489 e. The quantitative estimate of drug-likeness (QED) is 0.823. The predicted molar refractivity (Wildman–Crippen MR) is 85.2 cm³/mol. The molecule has 0 bridgehead atoms. The van der Waals surface area contributed by atoms with Gasteiger partial charge in [0.15, 0.2) is 0 Å². The lowest BCUT2D eigenvalue weighted by Crippen LogP contribution is -2.47. The summed E-state index contributed by atoms with van der Waals surface area (Å²) >= 11 is 0. The predicted octanol–water partition coefficient (Wildman–Crippen LogP) is 2.85. The first-order valence-electron chi connectivity index (χ1n) is 7.77. The molecule has 2 aromatic rings. The summed E-state index contributed by atoms with van der Waals surface area (Å²) < 4.78 is 31.9. The zero-order chi connectivity index (χ0) is 16.1. The van der Waals surface area contributed by atoms with Crippen LogP contribution in [-0.4, -0.2) is 19.6 Å². The Balaban J connectivity index is 1.52. The maximum atomic E-state index is 13.1.